The van der Waals surface area contributed by atoms with Crippen LogP contribution in [0.1, 0.15) is 12.8 Å². The Balaban J connectivity index is 2.17. The zero-order chi connectivity index (χ0) is 12.9. The third kappa shape index (κ3) is 5.88. The molecule has 1 heterocycles. The van der Waals surface area contributed by atoms with Crippen LogP contribution < -0.4 is 5.73 Å². The van der Waals surface area contributed by atoms with Gasteiger partial charge in [-0.05, 0) is 19.4 Å². The topological polar surface area (TPSA) is 62.3 Å². The number of alkyl halides is 3. The number of hydrogen-bond donors (Lipinski definition) is 2. The quantitative estimate of drug-likeness (QED) is 0.440. The summed E-state index contributed by atoms with van der Waals surface area (Å²) < 4.78 is 40.0. The van der Waals surface area contributed by atoms with E-state index < -0.39 is 12.8 Å². The van der Waals surface area contributed by atoms with Gasteiger partial charge < -0.3 is 15.4 Å². The average molecular weight is 253 g/mol. The standard InChI is InChI=1S/C10H18F3N3O/c11-10(12,13)7-17-5-4-16-3-1-2-8(6-16)9(14)15/h8H,1-7H2,(H3,14,15). The minimum absolute atomic E-state index is 0.0337. The van der Waals surface area contributed by atoms with Crippen LogP contribution in [-0.2, 0) is 4.74 Å². The number of amidine groups is 1. The molecule has 1 aliphatic heterocycles. The molecular formula is C10H18F3N3O. The highest BCUT2D eigenvalue weighted by atomic mass is 19.4. The fraction of sp³-hybridized carbons (Fsp3) is 0.900. The van der Waals surface area contributed by atoms with Crippen molar-refractivity contribution >= 4 is 5.84 Å². The Labute approximate surface area is 98.4 Å². The molecule has 0 aliphatic carbocycles. The first kappa shape index (κ1) is 14.2. The second kappa shape index (κ2) is 6.20. The predicted molar refractivity (Wildman–Crippen MR) is 58.0 cm³/mol. The summed E-state index contributed by atoms with van der Waals surface area (Å²) in [6.07, 6.45) is -2.46. The summed E-state index contributed by atoms with van der Waals surface area (Å²) >= 11 is 0. The van der Waals surface area contributed by atoms with Crippen molar-refractivity contribution < 1.29 is 17.9 Å². The van der Waals surface area contributed by atoms with Crippen LogP contribution in [0.15, 0.2) is 0 Å². The number of halogens is 3. The molecule has 1 aliphatic rings. The van der Waals surface area contributed by atoms with E-state index in [2.05, 4.69) is 4.74 Å². The first-order valence-corrected chi connectivity index (χ1v) is 5.59. The van der Waals surface area contributed by atoms with Gasteiger partial charge in [-0.2, -0.15) is 13.2 Å². The van der Waals surface area contributed by atoms with Gasteiger partial charge in [0, 0.05) is 19.0 Å². The van der Waals surface area contributed by atoms with Crippen molar-refractivity contribution in [2.75, 3.05) is 32.8 Å². The number of nitrogens with one attached hydrogen (secondary N) is 1. The van der Waals surface area contributed by atoms with Crippen molar-refractivity contribution in [3.8, 4) is 0 Å². The van der Waals surface area contributed by atoms with E-state index >= 15 is 0 Å². The molecule has 0 radical (unpaired) electrons. The first-order chi connectivity index (χ1) is 7.88. The Morgan fingerprint density at radius 3 is 2.76 bits per heavy atom. The fourth-order valence-electron chi connectivity index (χ4n) is 1.89. The molecule has 3 N–H and O–H groups in total. The van der Waals surface area contributed by atoms with Crippen LogP contribution in [0.5, 0.6) is 0 Å². The zero-order valence-electron chi connectivity index (χ0n) is 9.59. The van der Waals surface area contributed by atoms with E-state index in [-0.39, 0.29) is 18.4 Å². The van der Waals surface area contributed by atoms with Gasteiger partial charge in [0.25, 0.3) is 0 Å². The molecule has 0 amide bonds. The molecule has 7 heteroatoms. The van der Waals surface area contributed by atoms with E-state index in [9.17, 15) is 13.2 Å². The largest absolute Gasteiger partial charge is 0.411 e. The van der Waals surface area contributed by atoms with Gasteiger partial charge in [0.2, 0.25) is 0 Å². The van der Waals surface area contributed by atoms with Crippen molar-refractivity contribution in [2.24, 2.45) is 11.7 Å². The molecule has 0 saturated carbocycles. The van der Waals surface area contributed by atoms with Gasteiger partial charge in [0.15, 0.2) is 0 Å². The summed E-state index contributed by atoms with van der Waals surface area (Å²) in [4.78, 5) is 1.99. The van der Waals surface area contributed by atoms with Gasteiger partial charge in [-0.25, -0.2) is 0 Å². The van der Waals surface area contributed by atoms with Crippen LogP contribution >= 0.6 is 0 Å². The third-order valence-corrected chi connectivity index (χ3v) is 2.76. The molecule has 4 nitrogen and oxygen atoms in total. The average Bonchev–Trinajstić information content (AvgIpc) is 2.23. The highest BCUT2D eigenvalue weighted by Crippen LogP contribution is 2.16. The van der Waals surface area contributed by atoms with Gasteiger partial charge in [0.1, 0.15) is 6.61 Å². The second-order valence-corrected chi connectivity index (χ2v) is 4.26. The Morgan fingerprint density at radius 2 is 2.18 bits per heavy atom. The van der Waals surface area contributed by atoms with Gasteiger partial charge in [-0.1, -0.05) is 0 Å². The SMILES string of the molecule is N=C(N)C1CCCN(CCOCC(F)(F)F)C1. The lowest BCUT2D eigenvalue weighted by atomic mass is 9.97. The fourth-order valence-corrected chi connectivity index (χ4v) is 1.89. The zero-order valence-corrected chi connectivity index (χ0v) is 9.59. The molecule has 0 aromatic heterocycles. The third-order valence-electron chi connectivity index (χ3n) is 2.76. The Bertz CT molecular complexity index is 258. The minimum Gasteiger partial charge on any atom is -0.387 e. The summed E-state index contributed by atoms with van der Waals surface area (Å²) in [5.41, 5.74) is 5.42. The van der Waals surface area contributed by atoms with Crippen LogP contribution in [0.3, 0.4) is 0 Å². The lowest BCUT2D eigenvalue weighted by molar-refractivity contribution is -0.174. The van der Waals surface area contributed by atoms with Crippen LogP contribution in [0.25, 0.3) is 0 Å². The summed E-state index contributed by atoms with van der Waals surface area (Å²) in [5, 5.41) is 7.34. The Morgan fingerprint density at radius 1 is 1.47 bits per heavy atom. The van der Waals surface area contributed by atoms with E-state index in [0.29, 0.717) is 13.1 Å². The molecule has 17 heavy (non-hydrogen) atoms. The number of ether oxygens (including phenoxy) is 1. The van der Waals surface area contributed by atoms with Crippen LogP contribution in [-0.4, -0.2) is 49.8 Å². The lowest BCUT2D eigenvalue weighted by Crippen LogP contribution is -2.42. The second-order valence-electron chi connectivity index (χ2n) is 4.26. The monoisotopic (exact) mass is 253 g/mol. The molecule has 1 saturated heterocycles. The van der Waals surface area contributed by atoms with E-state index in [1.807, 2.05) is 4.90 Å². The maximum atomic E-state index is 11.8. The summed E-state index contributed by atoms with van der Waals surface area (Å²) in [7, 11) is 0. The number of nitrogens with two attached hydrogens (primary N) is 1. The van der Waals surface area contributed by atoms with Gasteiger partial charge >= 0.3 is 6.18 Å². The molecule has 1 atom stereocenters. The number of rotatable bonds is 5. The van der Waals surface area contributed by atoms with Crippen LogP contribution in [0.4, 0.5) is 13.2 Å². The summed E-state index contributed by atoms with van der Waals surface area (Å²) in [6, 6.07) is 0. The molecule has 1 rings (SSSR count). The lowest BCUT2D eigenvalue weighted by Gasteiger charge is -2.31. The number of piperidine rings is 1. The van der Waals surface area contributed by atoms with Crippen molar-refractivity contribution in [1.29, 1.82) is 5.41 Å². The van der Waals surface area contributed by atoms with Crippen LogP contribution in [0.2, 0.25) is 0 Å². The van der Waals surface area contributed by atoms with Crippen molar-refractivity contribution in [2.45, 2.75) is 19.0 Å². The maximum absolute atomic E-state index is 11.8. The number of hydrogen-bond acceptors (Lipinski definition) is 3. The molecule has 0 bridgehead atoms. The van der Waals surface area contributed by atoms with Crippen molar-refractivity contribution in [1.82, 2.24) is 4.90 Å². The highest BCUT2D eigenvalue weighted by Gasteiger charge is 2.27. The minimum atomic E-state index is -4.26. The first-order valence-electron chi connectivity index (χ1n) is 5.59. The molecule has 1 fully saturated rings. The summed E-state index contributed by atoms with van der Waals surface area (Å²) in [5.74, 6) is 0.192. The van der Waals surface area contributed by atoms with Crippen molar-refractivity contribution in [3.05, 3.63) is 0 Å². The molecule has 0 aromatic carbocycles. The van der Waals surface area contributed by atoms with Gasteiger partial charge in [0.05, 0.1) is 12.4 Å². The van der Waals surface area contributed by atoms with E-state index in [1.165, 1.54) is 0 Å². The van der Waals surface area contributed by atoms with Gasteiger partial charge in [-0.15, -0.1) is 0 Å². The Kier molecular flexibility index (Phi) is 5.20. The molecule has 1 unspecified atom stereocenters. The van der Waals surface area contributed by atoms with Gasteiger partial charge in [-0.3, -0.25) is 5.41 Å². The Hall–Kier alpha value is -0.820. The number of likely N-dealkylation sites (tertiary alicyclic amines) is 1. The maximum Gasteiger partial charge on any atom is 0.411 e. The van der Waals surface area contributed by atoms with Crippen molar-refractivity contribution in [3.63, 3.8) is 0 Å². The molecule has 0 aromatic rings. The van der Waals surface area contributed by atoms with E-state index in [4.69, 9.17) is 11.1 Å². The van der Waals surface area contributed by atoms with E-state index in [0.717, 1.165) is 19.4 Å². The predicted octanol–water partition coefficient (Wildman–Crippen LogP) is 1.21. The highest BCUT2D eigenvalue weighted by molar-refractivity contribution is 5.79. The van der Waals surface area contributed by atoms with E-state index in [1.54, 1.807) is 0 Å². The van der Waals surface area contributed by atoms with Crippen LogP contribution in [0, 0.1) is 11.3 Å². The molecule has 0 spiro atoms. The smallest absolute Gasteiger partial charge is 0.387 e. The number of nitrogens with zero attached hydrogens (tertiary/aromatic N) is 1. The molecular weight excluding hydrogens is 235 g/mol. The summed E-state index contributed by atoms with van der Waals surface area (Å²) in [6.45, 7) is 0.796. The molecule has 100 valence electrons. The normalized spacial score (nSPS) is 22.6.